The molecule has 0 unspecified atom stereocenters. The van der Waals surface area contributed by atoms with Crippen molar-refractivity contribution >= 4 is 29.1 Å². The number of anilines is 1. The third-order valence-electron chi connectivity index (χ3n) is 4.53. The smallest absolute Gasteiger partial charge is 0.234 e. The predicted molar refractivity (Wildman–Crippen MR) is 123 cm³/mol. The van der Waals surface area contributed by atoms with Crippen molar-refractivity contribution in [1.82, 2.24) is 0 Å². The minimum atomic E-state index is -0.124. The summed E-state index contributed by atoms with van der Waals surface area (Å²) in [5.74, 6) is 0.998. The molecule has 0 heterocycles. The largest absolute Gasteiger partial charge is 0.368 e. The summed E-state index contributed by atoms with van der Waals surface area (Å²) in [6.45, 7) is 2.06. The second-order valence-electron chi connectivity index (χ2n) is 6.81. The van der Waals surface area contributed by atoms with E-state index in [1.807, 2.05) is 36.4 Å². The van der Waals surface area contributed by atoms with Crippen LogP contribution >= 0.6 is 11.8 Å². The van der Waals surface area contributed by atoms with E-state index in [1.165, 1.54) is 18.7 Å². The molecule has 0 aliphatic heterocycles. The van der Waals surface area contributed by atoms with Gasteiger partial charge in [-0.2, -0.15) is 0 Å². The van der Waals surface area contributed by atoms with E-state index in [1.54, 1.807) is 24.3 Å². The Kier molecular flexibility index (Phi) is 8.24. The quantitative estimate of drug-likeness (QED) is 0.355. The Bertz CT molecular complexity index is 904. The number of nitrogens with one attached hydrogen (secondary N) is 1. The number of ether oxygens (including phenoxy) is 1. The van der Waals surface area contributed by atoms with Crippen LogP contribution in [0.2, 0.25) is 0 Å². The molecule has 3 aromatic carbocycles. The molecule has 1 amide bonds. The topological polar surface area (TPSA) is 55.4 Å². The molecular formula is C25H25NO3S. The molecule has 0 aromatic heterocycles. The van der Waals surface area contributed by atoms with Gasteiger partial charge in [-0.3, -0.25) is 9.59 Å². The van der Waals surface area contributed by atoms with Gasteiger partial charge < -0.3 is 10.1 Å². The highest BCUT2D eigenvalue weighted by Crippen LogP contribution is 2.26. The number of hydrogen-bond acceptors (Lipinski definition) is 4. The van der Waals surface area contributed by atoms with Crippen LogP contribution in [0.5, 0.6) is 0 Å². The first-order valence-electron chi connectivity index (χ1n) is 9.83. The molecule has 0 fully saturated rings. The molecule has 0 aliphatic rings. The standard InChI is InChI=1S/C25H25NO3S/c1-19(27)20-12-14-23(15-13-20)26-24(28)18-30-17-16-29-25(21-8-4-2-5-9-21)22-10-6-3-7-11-22/h2-15,25H,16-18H2,1H3,(H,26,28). The minimum Gasteiger partial charge on any atom is -0.368 e. The molecule has 0 spiro atoms. The van der Waals surface area contributed by atoms with Gasteiger partial charge in [0.15, 0.2) is 5.78 Å². The number of carbonyl (C=O) groups is 2. The number of amides is 1. The van der Waals surface area contributed by atoms with E-state index in [9.17, 15) is 9.59 Å². The maximum atomic E-state index is 12.1. The van der Waals surface area contributed by atoms with Crippen LogP contribution in [0.15, 0.2) is 84.9 Å². The molecule has 30 heavy (non-hydrogen) atoms. The Hall–Kier alpha value is -2.89. The highest BCUT2D eigenvalue weighted by Gasteiger charge is 2.14. The summed E-state index contributed by atoms with van der Waals surface area (Å²) in [5, 5.41) is 2.85. The number of thioether (sulfide) groups is 1. The highest BCUT2D eigenvalue weighted by atomic mass is 32.2. The van der Waals surface area contributed by atoms with Crippen LogP contribution in [0.3, 0.4) is 0 Å². The zero-order valence-corrected chi connectivity index (χ0v) is 17.7. The monoisotopic (exact) mass is 419 g/mol. The average molecular weight is 420 g/mol. The molecule has 5 heteroatoms. The van der Waals surface area contributed by atoms with Gasteiger partial charge in [0.25, 0.3) is 0 Å². The normalized spacial score (nSPS) is 10.7. The highest BCUT2D eigenvalue weighted by molar-refractivity contribution is 7.99. The molecule has 154 valence electrons. The minimum absolute atomic E-state index is 0.00717. The molecule has 4 nitrogen and oxygen atoms in total. The second kappa shape index (κ2) is 11.3. The lowest BCUT2D eigenvalue weighted by atomic mass is 10.0. The van der Waals surface area contributed by atoms with Crippen LogP contribution in [0.1, 0.15) is 34.5 Å². The maximum absolute atomic E-state index is 12.1. The number of Topliss-reactive ketones (excluding diaryl/α,β-unsaturated/α-hetero) is 1. The van der Waals surface area contributed by atoms with Crippen LogP contribution in [0.25, 0.3) is 0 Å². The molecule has 3 aromatic rings. The SMILES string of the molecule is CC(=O)c1ccc(NC(=O)CSCCOC(c2ccccc2)c2ccccc2)cc1. The van der Waals surface area contributed by atoms with Crippen molar-refractivity contribution in [3.63, 3.8) is 0 Å². The van der Waals surface area contributed by atoms with Gasteiger partial charge in [0, 0.05) is 17.0 Å². The number of benzene rings is 3. The molecule has 0 radical (unpaired) electrons. The fourth-order valence-electron chi connectivity index (χ4n) is 3.02. The van der Waals surface area contributed by atoms with Crippen LogP contribution in [0, 0.1) is 0 Å². The van der Waals surface area contributed by atoms with Gasteiger partial charge in [0.2, 0.25) is 5.91 Å². The fraction of sp³-hybridized carbons (Fsp3) is 0.200. The fourth-order valence-corrected chi connectivity index (χ4v) is 3.63. The summed E-state index contributed by atoms with van der Waals surface area (Å²) in [7, 11) is 0. The van der Waals surface area contributed by atoms with Crippen molar-refractivity contribution in [2.75, 3.05) is 23.4 Å². The van der Waals surface area contributed by atoms with Crippen molar-refractivity contribution in [2.45, 2.75) is 13.0 Å². The van der Waals surface area contributed by atoms with Gasteiger partial charge in [0.1, 0.15) is 6.10 Å². The Balaban J connectivity index is 1.45. The molecule has 1 N–H and O–H groups in total. The van der Waals surface area contributed by atoms with Crippen LogP contribution in [0.4, 0.5) is 5.69 Å². The summed E-state index contributed by atoms with van der Waals surface area (Å²) < 4.78 is 6.17. The first-order chi connectivity index (χ1) is 14.6. The lowest BCUT2D eigenvalue weighted by molar-refractivity contribution is -0.113. The molecule has 0 aliphatic carbocycles. The zero-order valence-electron chi connectivity index (χ0n) is 16.9. The van der Waals surface area contributed by atoms with E-state index >= 15 is 0 Å². The molecule has 0 saturated carbocycles. The molecule has 0 atom stereocenters. The van der Waals surface area contributed by atoms with Crippen LogP contribution in [-0.4, -0.2) is 29.8 Å². The number of rotatable bonds is 10. The summed E-state index contributed by atoms with van der Waals surface area (Å²) in [6.07, 6.45) is -0.124. The summed E-state index contributed by atoms with van der Waals surface area (Å²) >= 11 is 1.53. The van der Waals surface area contributed by atoms with E-state index in [2.05, 4.69) is 29.6 Å². The van der Waals surface area contributed by atoms with Crippen LogP contribution < -0.4 is 5.32 Å². The zero-order chi connectivity index (χ0) is 21.2. The number of hydrogen-bond donors (Lipinski definition) is 1. The number of ketones is 1. The van der Waals surface area contributed by atoms with Gasteiger partial charge in [-0.1, -0.05) is 60.7 Å². The summed E-state index contributed by atoms with van der Waals surface area (Å²) in [5.41, 5.74) is 3.54. The van der Waals surface area contributed by atoms with Crippen molar-refractivity contribution in [1.29, 1.82) is 0 Å². The Labute approximate surface area is 181 Å². The van der Waals surface area contributed by atoms with Crippen molar-refractivity contribution in [2.24, 2.45) is 0 Å². The third kappa shape index (κ3) is 6.58. The van der Waals surface area contributed by atoms with E-state index < -0.39 is 0 Å². The lowest BCUT2D eigenvalue weighted by Crippen LogP contribution is -2.15. The summed E-state index contributed by atoms with van der Waals surface area (Å²) in [6, 6.07) is 27.2. The first kappa shape index (κ1) is 21.8. The Morgan fingerprint density at radius 2 is 1.43 bits per heavy atom. The van der Waals surface area contributed by atoms with E-state index in [0.717, 1.165) is 11.1 Å². The Morgan fingerprint density at radius 3 is 1.97 bits per heavy atom. The van der Waals surface area contributed by atoms with Crippen LogP contribution in [-0.2, 0) is 9.53 Å². The molecular weight excluding hydrogens is 394 g/mol. The van der Waals surface area contributed by atoms with Gasteiger partial charge in [-0.05, 0) is 42.3 Å². The molecule has 3 rings (SSSR count). The van der Waals surface area contributed by atoms with Gasteiger partial charge >= 0.3 is 0 Å². The number of carbonyl (C=O) groups excluding carboxylic acids is 2. The van der Waals surface area contributed by atoms with E-state index in [-0.39, 0.29) is 17.8 Å². The van der Waals surface area contributed by atoms with E-state index in [4.69, 9.17) is 4.74 Å². The first-order valence-corrected chi connectivity index (χ1v) is 11.0. The van der Waals surface area contributed by atoms with Gasteiger partial charge in [-0.25, -0.2) is 0 Å². The maximum Gasteiger partial charge on any atom is 0.234 e. The predicted octanol–water partition coefficient (Wildman–Crippen LogP) is 5.37. The second-order valence-corrected chi connectivity index (χ2v) is 7.91. The average Bonchev–Trinajstić information content (AvgIpc) is 2.78. The molecule has 0 bridgehead atoms. The van der Waals surface area contributed by atoms with Crippen molar-refractivity contribution < 1.29 is 14.3 Å². The van der Waals surface area contributed by atoms with Crippen molar-refractivity contribution in [3.05, 3.63) is 102 Å². The third-order valence-corrected chi connectivity index (χ3v) is 5.45. The van der Waals surface area contributed by atoms with Crippen molar-refractivity contribution in [3.8, 4) is 0 Å². The summed E-state index contributed by atoms with van der Waals surface area (Å²) in [4.78, 5) is 23.4. The van der Waals surface area contributed by atoms with Gasteiger partial charge in [0.05, 0.1) is 12.4 Å². The molecule has 0 saturated heterocycles. The van der Waals surface area contributed by atoms with E-state index in [0.29, 0.717) is 29.4 Å². The van der Waals surface area contributed by atoms with Gasteiger partial charge in [-0.15, -0.1) is 11.8 Å². The lowest BCUT2D eigenvalue weighted by Gasteiger charge is -2.19. The Morgan fingerprint density at radius 1 is 0.867 bits per heavy atom.